The van der Waals surface area contributed by atoms with E-state index in [0.29, 0.717) is 31.7 Å². The second kappa shape index (κ2) is 15.2. The quantitative estimate of drug-likeness (QED) is 0.141. The number of carboxylic acid groups (broad SMARTS) is 1. The van der Waals surface area contributed by atoms with Gasteiger partial charge in [0.05, 0.1) is 12.2 Å². The zero-order valence-corrected chi connectivity index (χ0v) is 25.6. The van der Waals surface area contributed by atoms with Crippen molar-refractivity contribution in [3.8, 4) is 5.75 Å². The Morgan fingerprint density at radius 3 is 2.36 bits per heavy atom. The van der Waals surface area contributed by atoms with E-state index >= 15 is 0 Å². The SMILES string of the molecule is CCOC(=O)CCCCN(CCc1c(C)sc(C)c1COc1ccc(Br)cc1)Cc1ccc(C(=O)O)c(C)c1. The van der Waals surface area contributed by atoms with Gasteiger partial charge < -0.3 is 14.6 Å². The first kappa shape index (κ1) is 30.9. The van der Waals surface area contributed by atoms with Gasteiger partial charge in [-0.15, -0.1) is 11.3 Å². The minimum Gasteiger partial charge on any atom is -0.489 e. The number of esters is 1. The molecular formula is C31H38BrNO5S. The number of hydrogen-bond acceptors (Lipinski definition) is 6. The van der Waals surface area contributed by atoms with Crippen molar-refractivity contribution in [1.82, 2.24) is 4.90 Å². The molecule has 1 heterocycles. The van der Waals surface area contributed by atoms with Crippen LogP contribution in [-0.2, 0) is 29.1 Å². The second-order valence-electron chi connectivity index (χ2n) is 9.66. The van der Waals surface area contributed by atoms with Crippen LogP contribution in [0.5, 0.6) is 5.75 Å². The summed E-state index contributed by atoms with van der Waals surface area (Å²) in [5.74, 6) is -0.212. The standard InChI is InChI=1S/C31H38BrNO5S/c1-5-37-30(34)8-6-7-16-33(19-24-9-14-27(31(35)36)21(2)18-24)17-15-28-22(3)39-23(4)29(28)20-38-26-12-10-25(32)11-13-26/h9-14,18H,5-8,15-17,19-20H2,1-4H3,(H,35,36). The monoisotopic (exact) mass is 615 g/mol. The molecule has 0 bridgehead atoms. The number of aromatic carboxylic acids is 1. The van der Waals surface area contributed by atoms with Crippen molar-refractivity contribution in [2.75, 3.05) is 19.7 Å². The summed E-state index contributed by atoms with van der Waals surface area (Å²) in [5.41, 5.74) is 4.77. The van der Waals surface area contributed by atoms with Gasteiger partial charge in [-0.25, -0.2) is 4.79 Å². The highest BCUT2D eigenvalue weighted by atomic mass is 79.9. The zero-order valence-electron chi connectivity index (χ0n) is 23.2. The first-order chi connectivity index (χ1) is 18.7. The van der Waals surface area contributed by atoms with Crippen molar-refractivity contribution in [1.29, 1.82) is 0 Å². The minimum atomic E-state index is -0.906. The molecule has 39 heavy (non-hydrogen) atoms. The van der Waals surface area contributed by atoms with Crippen LogP contribution in [0.4, 0.5) is 0 Å². The molecule has 0 aliphatic heterocycles. The summed E-state index contributed by atoms with van der Waals surface area (Å²) in [7, 11) is 0. The molecule has 0 aliphatic rings. The highest BCUT2D eigenvalue weighted by Gasteiger charge is 2.17. The van der Waals surface area contributed by atoms with Crippen molar-refractivity contribution in [2.45, 2.75) is 66.5 Å². The van der Waals surface area contributed by atoms with E-state index in [1.54, 1.807) is 6.07 Å². The minimum absolute atomic E-state index is 0.149. The van der Waals surface area contributed by atoms with Crippen LogP contribution < -0.4 is 4.74 Å². The van der Waals surface area contributed by atoms with Gasteiger partial charge in [-0.3, -0.25) is 9.69 Å². The highest BCUT2D eigenvalue weighted by molar-refractivity contribution is 9.10. The van der Waals surface area contributed by atoms with Crippen molar-refractivity contribution >= 4 is 39.2 Å². The fourth-order valence-electron chi connectivity index (χ4n) is 4.68. The number of carbonyl (C=O) groups is 2. The first-order valence-electron chi connectivity index (χ1n) is 13.3. The van der Waals surface area contributed by atoms with Crippen LogP contribution in [0.25, 0.3) is 0 Å². The van der Waals surface area contributed by atoms with Gasteiger partial charge in [0.15, 0.2) is 0 Å². The molecule has 0 aliphatic carbocycles. The lowest BCUT2D eigenvalue weighted by molar-refractivity contribution is -0.143. The van der Waals surface area contributed by atoms with E-state index in [9.17, 15) is 14.7 Å². The third-order valence-electron chi connectivity index (χ3n) is 6.73. The molecule has 1 aromatic heterocycles. The molecule has 1 N–H and O–H groups in total. The molecule has 2 aromatic carbocycles. The lowest BCUT2D eigenvalue weighted by atomic mass is 10.0. The van der Waals surface area contributed by atoms with Crippen molar-refractivity contribution < 1.29 is 24.2 Å². The van der Waals surface area contributed by atoms with E-state index in [0.717, 1.165) is 53.7 Å². The highest BCUT2D eigenvalue weighted by Crippen LogP contribution is 2.30. The number of halogens is 1. The topological polar surface area (TPSA) is 76.1 Å². The molecule has 0 amide bonds. The van der Waals surface area contributed by atoms with Gasteiger partial charge in [-0.1, -0.05) is 28.1 Å². The summed E-state index contributed by atoms with van der Waals surface area (Å²) >= 11 is 5.28. The molecule has 0 saturated carbocycles. The zero-order chi connectivity index (χ0) is 28.4. The van der Waals surface area contributed by atoms with Gasteiger partial charge in [-0.2, -0.15) is 0 Å². The van der Waals surface area contributed by atoms with Gasteiger partial charge in [0, 0.05) is 39.3 Å². The first-order valence-corrected chi connectivity index (χ1v) is 15.0. The van der Waals surface area contributed by atoms with Gasteiger partial charge in [0.1, 0.15) is 12.4 Å². The average Bonchev–Trinajstić information content (AvgIpc) is 3.16. The third-order valence-corrected chi connectivity index (χ3v) is 8.37. The smallest absolute Gasteiger partial charge is 0.335 e. The number of aryl methyl sites for hydroxylation is 3. The number of unbranched alkanes of at least 4 members (excludes halogenated alkanes) is 1. The van der Waals surface area contributed by atoms with Crippen LogP contribution in [0.3, 0.4) is 0 Å². The van der Waals surface area contributed by atoms with E-state index in [2.05, 4.69) is 34.7 Å². The maximum atomic E-state index is 11.8. The number of benzene rings is 2. The van der Waals surface area contributed by atoms with Crippen LogP contribution in [-0.4, -0.2) is 41.6 Å². The average molecular weight is 617 g/mol. The van der Waals surface area contributed by atoms with Crippen LogP contribution in [0, 0.1) is 20.8 Å². The fourth-order valence-corrected chi connectivity index (χ4v) is 6.06. The van der Waals surface area contributed by atoms with Gasteiger partial charge in [0.2, 0.25) is 0 Å². The lowest BCUT2D eigenvalue weighted by Gasteiger charge is -2.23. The number of carboxylic acids is 1. The Morgan fingerprint density at radius 2 is 1.69 bits per heavy atom. The molecule has 8 heteroatoms. The van der Waals surface area contributed by atoms with E-state index in [4.69, 9.17) is 9.47 Å². The Kier molecular flexibility index (Phi) is 12.0. The number of hydrogen-bond donors (Lipinski definition) is 1. The maximum Gasteiger partial charge on any atom is 0.335 e. The molecule has 0 unspecified atom stereocenters. The number of nitrogens with zero attached hydrogens (tertiary/aromatic N) is 1. The van der Waals surface area contributed by atoms with Crippen LogP contribution in [0.2, 0.25) is 0 Å². The predicted octanol–water partition coefficient (Wildman–Crippen LogP) is 7.49. The Morgan fingerprint density at radius 1 is 0.974 bits per heavy atom. The van der Waals surface area contributed by atoms with E-state index in [-0.39, 0.29) is 5.97 Å². The van der Waals surface area contributed by atoms with Crippen LogP contribution >= 0.6 is 27.3 Å². The molecular weight excluding hydrogens is 578 g/mol. The third kappa shape index (κ3) is 9.48. The van der Waals surface area contributed by atoms with Gasteiger partial charge in [0.25, 0.3) is 0 Å². The van der Waals surface area contributed by atoms with E-state index in [1.165, 1.54) is 20.9 Å². The molecule has 210 valence electrons. The summed E-state index contributed by atoms with van der Waals surface area (Å²) in [4.78, 5) is 28.2. The van der Waals surface area contributed by atoms with Crippen molar-refractivity contribution in [3.05, 3.63) is 84.5 Å². The molecule has 0 spiro atoms. The van der Waals surface area contributed by atoms with Crippen molar-refractivity contribution in [2.24, 2.45) is 0 Å². The van der Waals surface area contributed by atoms with Crippen molar-refractivity contribution in [3.63, 3.8) is 0 Å². The fraction of sp³-hybridized carbons (Fsp3) is 0.419. The van der Waals surface area contributed by atoms with Crippen LogP contribution in [0.1, 0.15) is 68.6 Å². The number of ether oxygens (including phenoxy) is 2. The van der Waals surface area contributed by atoms with E-state index < -0.39 is 5.97 Å². The Bertz CT molecular complexity index is 1250. The van der Waals surface area contributed by atoms with Gasteiger partial charge >= 0.3 is 11.9 Å². The largest absolute Gasteiger partial charge is 0.489 e. The summed E-state index contributed by atoms with van der Waals surface area (Å²) < 4.78 is 12.2. The molecule has 3 aromatic rings. The Balaban J connectivity index is 1.70. The second-order valence-corrected chi connectivity index (χ2v) is 12.0. The normalized spacial score (nSPS) is 11.1. The van der Waals surface area contributed by atoms with Gasteiger partial charge in [-0.05, 0) is 101 Å². The predicted molar refractivity (Wildman–Crippen MR) is 160 cm³/mol. The molecule has 0 radical (unpaired) electrons. The molecule has 0 atom stereocenters. The summed E-state index contributed by atoms with van der Waals surface area (Å²) in [6, 6.07) is 13.4. The number of thiophene rings is 1. The summed E-state index contributed by atoms with van der Waals surface area (Å²) in [6.07, 6.45) is 2.97. The molecule has 0 saturated heterocycles. The number of carbonyl (C=O) groups excluding carboxylic acids is 1. The Labute approximate surface area is 244 Å². The van der Waals surface area contributed by atoms with Crippen LogP contribution in [0.15, 0.2) is 46.9 Å². The number of rotatable bonds is 15. The van der Waals surface area contributed by atoms with E-state index in [1.807, 2.05) is 61.6 Å². The Hall–Kier alpha value is -2.68. The summed E-state index contributed by atoms with van der Waals surface area (Å²) in [6.45, 7) is 11.3. The molecule has 3 rings (SSSR count). The lowest BCUT2D eigenvalue weighted by Crippen LogP contribution is -2.27. The summed E-state index contributed by atoms with van der Waals surface area (Å²) in [5, 5.41) is 9.40. The molecule has 6 nitrogen and oxygen atoms in total. The molecule has 0 fully saturated rings. The maximum absolute atomic E-state index is 11.8.